The van der Waals surface area contributed by atoms with Crippen molar-refractivity contribution in [1.82, 2.24) is 0 Å². The van der Waals surface area contributed by atoms with Gasteiger partial charge in [0.2, 0.25) is 0 Å². The highest BCUT2D eigenvalue weighted by Crippen LogP contribution is 2.39. The van der Waals surface area contributed by atoms with E-state index in [1.54, 1.807) is 6.07 Å². The van der Waals surface area contributed by atoms with E-state index in [0.29, 0.717) is 18.1 Å². The summed E-state index contributed by atoms with van der Waals surface area (Å²) in [6, 6.07) is 3.59. The van der Waals surface area contributed by atoms with Crippen LogP contribution in [0.5, 0.6) is 11.5 Å². The van der Waals surface area contributed by atoms with Crippen molar-refractivity contribution < 1.29 is 19.7 Å². The quantitative estimate of drug-likeness (QED) is 0.405. The molecule has 2 rings (SSSR count). The van der Waals surface area contributed by atoms with Crippen LogP contribution in [0.25, 0.3) is 0 Å². The van der Waals surface area contributed by atoms with Crippen molar-refractivity contribution >= 4 is 5.78 Å². The molecule has 0 amide bonds. The van der Waals surface area contributed by atoms with Gasteiger partial charge in [-0.25, -0.2) is 0 Å². The van der Waals surface area contributed by atoms with Crippen LogP contribution in [0.1, 0.15) is 90.7 Å². The van der Waals surface area contributed by atoms with Crippen molar-refractivity contribution in [3.63, 3.8) is 0 Å². The summed E-state index contributed by atoms with van der Waals surface area (Å²) in [6.45, 7) is 12.3. The van der Waals surface area contributed by atoms with Crippen LogP contribution in [0.4, 0.5) is 0 Å². The van der Waals surface area contributed by atoms with Gasteiger partial charge in [0, 0.05) is 5.92 Å². The molecule has 4 heteroatoms. The lowest BCUT2D eigenvalue weighted by atomic mass is 9.87. The monoisotopic (exact) mass is 430 g/mol. The van der Waals surface area contributed by atoms with Gasteiger partial charge in [-0.15, -0.1) is 0 Å². The van der Waals surface area contributed by atoms with E-state index in [0.717, 1.165) is 61.8 Å². The molecule has 0 radical (unpaired) electrons. The van der Waals surface area contributed by atoms with Crippen LogP contribution in [0.3, 0.4) is 0 Å². The summed E-state index contributed by atoms with van der Waals surface area (Å²) in [5.41, 5.74) is 3.26. The van der Waals surface area contributed by atoms with Crippen LogP contribution in [0.15, 0.2) is 23.8 Å². The van der Waals surface area contributed by atoms with E-state index in [9.17, 15) is 15.0 Å². The van der Waals surface area contributed by atoms with Crippen LogP contribution < -0.4 is 4.74 Å². The van der Waals surface area contributed by atoms with Gasteiger partial charge in [-0.2, -0.15) is 0 Å². The van der Waals surface area contributed by atoms with Crippen molar-refractivity contribution in [2.45, 2.75) is 105 Å². The van der Waals surface area contributed by atoms with Gasteiger partial charge in [-0.1, -0.05) is 32.4 Å². The van der Waals surface area contributed by atoms with E-state index in [-0.39, 0.29) is 17.3 Å². The summed E-state index contributed by atoms with van der Waals surface area (Å²) in [5.74, 6) is 1.48. The fraction of sp³-hybridized carbons (Fsp3) is 0.667. The molecule has 1 unspecified atom stereocenters. The summed E-state index contributed by atoms with van der Waals surface area (Å²) in [6.07, 6.45) is 8.61. The predicted octanol–water partition coefficient (Wildman–Crippen LogP) is 6.29. The first-order valence-electron chi connectivity index (χ1n) is 11.9. The maximum atomic E-state index is 12.3. The number of hydrogen-bond donors (Lipinski definition) is 2. The van der Waals surface area contributed by atoms with Gasteiger partial charge in [-0.05, 0) is 101 Å². The van der Waals surface area contributed by atoms with Crippen molar-refractivity contribution in [2.75, 3.05) is 0 Å². The van der Waals surface area contributed by atoms with E-state index < -0.39 is 6.10 Å². The molecule has 0 aromatic heterocycles. The Hall–Kier alpha value is -1.81. The summed E-state index contributed by atoms with van der Waals surface area (Å²) in [4.78, 5) is 12.3. The number of carbonyl (C=O) groups excluding carboxylic acids is 1. The fourth-order valence-electron chi connectivity index (χ4n) is 4.48. The number of aryl methyl sites for hydroxylation is 2. The zero-order chi connectivity index (χ0) is 23.2. The largest absolute Gasteiger partial charge is 0.508 e. The van der Waals surface area contributed by atoms with Gasteiger partial charge in [0.25, 0.3) is 0 Å². The highest BCUT2D eigenvalue weighted by molar-refractivity contribution is 5.84. The molecule has 0 saturated carbocycles. The van der Waals surface area contributed by atoms with Crippen LogP contribution >= 0.6 is 0 Å². The van der Waals surface area contributed by atoms with Crippen molar-refractivity contribution in [3.8, 4) is 11.5 Å². The molecule has 0 aliphatic carbocycles. The highest BCUT2D eigenvalue weighted by Gasteiger charge is 2.32. The third-order valence-electron chi connectivity index (χ3n) is 6.49. The third kappa shape index (κ3) is 7.68. The standard InChI is InChI=1S/C27H42O4/c1-18(2)15-24(29)25(30)20(4)11-7-9-19(3)10-8-13-27(6)14-12-22-17-23(28)16-21(5)26(22)31-27/h10,16-18,20,24,28-29H,7-9,11-15H2,1-6H3/b19-10+/t20?,24-,27+/m0/s1. The second-order valence-corrected chi connectivity index (χ2v) is 10.2. The van der Waals surface area contributed by atoms with Crippen LogP contribution in [0, 0.1) is 18.8 Å². The normalized spacial score (nSPS) is 20.8. The van der Waals surface area contributed by atoms with E-state index in [1.165, 1.54) is 5.57 Å². The Balaban J connectivity index is 1.77. The molecular formula is C27H42O4. The molecule has 0 bridgehead atoms. The van der Waals surface area contributed by atoms with E-state index in [2.05, 4.69) is 19.9 Å². The maximum absolute atomic E-state index is 12.3. The molecule has 3 atom stereocenters. The van der Waals surface area contributed by atoms with Crippen molar-refractivity contribution in [3.05, 3.63) is 34.9 Å². The number of aromatic hydroxyl groups is 1. The van der Waals surface area contributed by atoms with Gasteiger partial charge < -0.3 is 14.9 Å². The Morgan fingerprint density at radius 1 is 1.29 bits per heavy atom. The predicted molar refractivity (Wildman–Crippen MR) is 127 cm³/mol. The van der Waals surface area contributed by atoms with Crippen LogP contribution in [-0.2, 0) is 11.2 Å². The number of phenolic OH excluding ortho intramolecular Hbond substituents is 1. The average molecular weight is 431 g/mol. The van der Waals surface area contributed by atoms with E-state index in [4.69, 9.17) is 4.74 Å². The molecule has 174 valence electrons. The first-order valence-corrected chi connectivity index (χ1v) is 11.9. The molecule has 0 saturated heterocycles. The maximum Gasteiger partial charge on any atom is 0.164 e. The number of fused-ring (bicyclic) bond motifs is 1. The fourth-order valence-corrected chi connectivity index (χ4v) is 4.48. The smallest absolute Gasteiger partial charge is 0.164 e. The minimum Gasteiger partial charge on any atom is -0.508 e. The first-order chi connectivity index (χ1) is 14.5. The number of hydrogen-bond acceptors (Lipinski definition) is 4. The molecule has 1 aromatic carbocycles. The number of allylic oxidation sites excluding steroid dienone is 2. The number of carbonyl (C=O) groups is 1. The minimum absolute atomic E-state index is 0.0124. The number of aliphatic hydroxyl groups excluding tert-OH is 1. The summed E-state index contributed by atoms with van der Waals surface area (Å²) < 4.78 is 6.37. The number of benzene rings is 1. The Morgan fingerprint density at radius 3 is 2.68 bits per heavy atom. The van der Waals surface area contributed by atoms with Gasteiger partial charge in [0.1, 0.15) is 23.2 Å². The molecule has 1 aromatic rings. The van der Waals surface area contributed by atoms with Gasteiger partial charge in [-0.3, -0.25) is 4.79 Å². The van der Waals surface area contributed by atoms with Gasteiger partial charge in [0.15, 0.2) is 5.78 Å². The molecule has 1 heterocycles. The molecule has 2 N–H and O–H groups in total. The van der Waals surface area contributed by atoms with Gasteiger partial charge in [0.05, 0.1) is 0 Å². The topological polar surface area (TPSA) is 66.8 Å². The Morgan fingerprint density at radius 2 is 2.00 bits per heavy atom. The number of ketones is 1. The lowest BCUT2D eigenvalue weighted by molar-refractivity contribution is -0.131. The molecule has 0 fully saturated rings. The molecule has 0 spiro atoms. The summed E-state index contributed by atoms with van der Waals surface area (Å²) >= 11 is 0. The second kappa shape index (κ2) is 11.2. The van der Waals surface area contributed by atoms with E-state index in [1.807, 2.05) is 33.8 Å². The van der Waals surface area contributed by atoms with Gasteiger partial charge >= 0.3 is 0 Å². The number of rotatable bonds is 11. The summed E-state index contributed by atoms with van der Waals surface area (Å²) in [7, 11) is 0. The average Bonchev–Trinajstić information content (AvgIpc) is 2.67. The molecule has 1 aliphatic rings. The molecule has 31 heavy (non-hydrogen) atoms. The SMILES string of the molecule is C/C(=C\CC[C@]1(C)CCc2cc(O)cc(C)c2O1)CCCC(C)C(=O)[C@@H](O)CC(C)C. The first kappa shape index (κ1) is 25.5. The van der Waals surface area contributed by atoms with Crippen LogP contribution in [-0.4, -0.2) is 27.7 Å². The van der Waals surface area contributed by atoms with Crippen LogP contribution in [0.2, 0.25) is 0 Å². The zero-order valence-corrected chi connectivity index (χ0v) is 20.3. The lowest BCUT2D eigenvalue weighted by Crippen LogP contribution is -2.36. The number of phenols is 1. The lowest BCUT2D eigenvalue weighted by Gasteiger charge is -2.36. The highest BCUT2D eigenvalue weighted by atomic mass is 16.5. The Labute approximate surface area is 188 Å². The molecule has 1 aliphatic heterocycles. The van der Waals surface area contributed by atoms with Crippen molar-refractivity contribution in [1.29, 1.82) is 0 Å². The summed E-state index contributed by atoms with van der Waals surface area (Å²) in [5, 5.41) is 19.8. The Kier molecular flexibility index (Phi) is 9.17. The van der Waals surface area contributed by atoms with Crippen molar-refractivity contribution in [2.24, 2.45) is 11.8 Å². The second-order valence-electron chi connectivity index (χ2n) is 10.2. The minimum atomic E-state index is -0.819. The zero-order valence-electron chi connectivity index (χ0n) is 20.3. The third-order valence-corrected chi connectivity index (χ3v) is 6.49. The Bertz CT molecular complexity index is 780. The van der Waals surface area contributed by atoms with E-state index >= 15 is 0 Å². The molecular weight excluding hydrogens is 388 g/mol. The number of Topliss-reactive ketones (excluding diaryl/α,β-unsaturated/α-hetero) is 1. The molecule has 4 nitrogen and oxygen atoms in total. The number of aliphatic hydroxyl groups is 1. The number of ether oxygens (including phenoxy) is 1.